The summed E-state index contributed by atoms with van der Waals surface area (Å²) in [6.45, 7) is 4.39. The third-order valence-corrected chi connectivity index (χ3v) is 5.28. The number of ether oxygens (including phenoxy) is 1. The summed E-state index contributed by atoms with van der Waals surface area (Å²) >= 11 is 0. The molecular weight excluding hydrogens is 430 g/mol. The maximum Gasteiger partial charge on any atom is 0.231 e. The van der Waals surface area contributed by atoms with Crippen LogP contribution in [0.3, 0.4) is 0 Å². The van der Waals surface area contributed by atoms with E-state index in [4.69, 9.17) is 15.6 Å². The topological polar surface area (TPSA) is 131 Å². The summed E-state index contributed by atoms with van der Waals surface area (Å²) in [5, 5.41) is 27.9. The Morgan fingerprint density at radius 1 is 1.26 bits per heavy atom. The summed E-state index contributed by atoms with van der Waals surface area (Å²) in [5.41, 5.74) is 3.17. The zero-order chi connectivity index (χ0) is 24.5. The Labute approximate surface area is 201 Å². The average Bonchev–Trinajstić information content (AvgIpc) is 2.86. The Balaban J connectivity index is 0.00000324. The van der Waals surface area contributed by atoms with Crippen molar-refractivity contribution in [3.8, 4) is 5.75 Å². The number of phenols is 1. The number of carbonyl (C=O) groups excluding carboxylic acids is 1. The molecule has 2 unspecified atom stereocenters. The number of aromatic hydroxyl groups is 1. The van der Waals surface area contributed by atoms with E-state index in [-0.39, 0.29) is 32.6 Å². The van der Waals surface area contributed by atoms with Gasteiger partial charge < -0.3 is 20.6 Å². The molecule has 8 nitrogen and oxygen atoms in total. The van der Waals surface area contributed by atoms with Crippen LogP contribution in [0.4, 0.5) is 0 Å². The van der Waals surface area contributed by atoms with Gasteiger partial charge in [-0.25, -0.2) is 4.99 Å². The number of benzene rings is 2. The van der Waals surface area contributed by atoms with Gasteiger partial charge in [0, 0.05) is 16.2 Å². The summed E-state index contributed by atoms with van der Waals surface area (Å²) in [6.07, 6.45) is 5.40. The van der Waals surface area contributed by atoms with Crippen molar-refractivity contribution in [2.24, 2.45) is 15.9 Å². The van der Waals surface area contributed by atoms with E-state index in [2.05, 4.69) is 21.9 Å². The van der Waals surface area contributed by atoms with Crippen LogP contribution in [-0.2, 0) is 16.1 Å². The molecule has 3 rings (SSSR count). The van der Waals surface area contributed by atoms with Gasteiger partial charge in [-0.05, 0) is 47.1 Å². The van der Waals surface area contributed by atoms with E-state index in [9.17, 15) is 9.90 Å². The summed E-state index contributed by atoms with van der Waals surface area (Å²) in [6, 6.07) is 14.0. The maximum absolute atomic E-state index is 13.3. The van der Waals surface area contributed by atoms with Gasteiger partial charge in [-0.3, -0.25) is 15.2 Å². The van der Waals surface area contributed by atoms with Crippen molar-refractivity contribution in [3.63, 3.8) is 0 Å². The number of amides is 1. The average molecular weight is 462 g/mol. The van der Waals surface area contributed by atoms with Crippen LogP contribution in [0, 0.1) is 16.7 Å². The largest absolute Gasteiger partial charge is 0.508 e. The van der Waals surface area contributed by atoms with Crippen molar-refractivity contribution in [1.82, 2.24) is 5.32 Å². The third-order valence-electron chi connectivity index (χ3n) is 5.28. The summed E-state index contributed by atoms with van der Waals surface area (Å²) in [4.78, 5) is 22.0. The number of amidine groups is 1. The minimum atomic E-state index is -0.659. The molecule has 0 spiro atoms. The van der Waals surface area contributed by atoms with E-state index in [0.717, 1.165) is 22.9 Å². The smallest absolute Gasteiger partial charge is 0.231 e. The molecule has 1 aliphatic heterocycles. The molecule has 2 aromatic carbocycles. The molecule has 2 aromatic rings. The van der Waals surface area contributed by atoms with Gasteiger partial charge in [0.25, 0.3) is 0 Å². The minimum absolute atomic E-state index is 0. The number of allylic oxidation sites excluding steroid dienone is 2. The van der Waals surface area contributed by atoms with Crippen LogP contribution in [-0.4, -0.2) is 48.1 Å². The number of phenolic OH excluding ortho intramolecular Hbond substituents is 1. The number of rotatable bonds is 10. The fraction of sp³-hybridized carbons (Fsp3) is 0.192. The van der Waals surface area contributed by atoms with Crippen LogP contribution in [0.15, 0.2) is 83.3 Å². The first-order valence-electron chi connectivity index (χ1n) is 10.7. The van der Waals surface area contributed by atoms with Gasteiger partial charge in [0.05, 0.1) is 36.5 Å². The lowest BCUT2D eigenvalue weighted by Gasteiger charge is -2.25. The normalized spacial score (nSPS) is 16.3. The minimum Gasteiger partial charge on any atom is -0.508 e. The lowest BCUT2D eigenvalue weighted by atomic mass is 9.95. The van der Waals surface area contributed by atoms with Crippen molar-refractivity contribution in [2.75, 3.05) is 13.7 Å². The molecule has 0 saturated heterocycles. The summed E-state index contributed by atoms with van der Waals surface area (Å²) in [7, 11) is 1.63. The van der Waals surface area contributed by atoms with Crippen LogP contribution >= 0.6 is 0 Å². The highest BCUT2D eigenvalue weighted by Crippen LogP contribution is 2.25. The second kappa shape index (κ2) is 11.6. The molecule has 4 N–H and O–H groups in total. The molecule has 0 radical (unpaired) electrons. The number of carbonyl (C=O) groups is 1. The van der Waals surface area contributed by atoms with Crippen molar-refractivity contribution >= 4 is 29.4 Å². The fourth-order valence-electron chi connectivity index (χ4n) is 3.52. The second-order valence-corrected chi connectivity index (χ2v) is 7.60. The van der Waals surface area contributed by atoms with E-state index in [1.807, 2.05) is 24.3 Å². The van der Waals surface area contributed by atoms with Gasteiger partial charge >= 0.3 is 0 Å². The third kappa shape index (κ3) is 5.99. The number of hydrogen-bond donors (Lipinski definition) is 4. The van der Waals surface area contributed by atoms with Crippen molar-refractivity contribution in [3.05, 3.63) is 90.0 Å². The van der Waals surface area contributed by atoms with Gasteiger partial charge in [-0.15, -0.1) is 0 Å². The van der Waals surface area contributed by atoms with Crippen molar-refractivity contribution < 1.29 is 17.5 Å². The highest BCUT2D eigenvalue weighted by Gasteiger charge is 2.29. The fourth-order valence-corrected chi connectivity index (χ4v) is 3.52. The Kier molecular flexibility index (Phi) is 8.37. The molecule has 34 heavy (non-hydrogen) atoms. The van der Waals surface area contributed by atoms with Crippen LogP contribution in [0.5, 0.6) is 5.75 Å². The summed E-state index contributed by atoms with van der Waals surface area (Å²) < 4.78 is 5.18. The number of nitrogens with zero attached hydrogens (tertiary/aromatic N) is 2. The predicted octanol–water partition coefficient (Wildman–Crippen LogP) is 4.12. The maximum atomic E-state index is 13.3. The number of methoxy groups -OCH3 is 1. The first-order chi connectivity index (χ1) is 16.5. The molecule has 0 aliphatic carbocycles. The first-order valence-corrected chi connectivity index (χ1v) is 10.7. The van der Waals surface area contributed by atoms with Crippen molar-refractivity contribution in [2.45, 2.75) is 12.6 Å². The standard InChI is InChI=1S/C26H27N5O3.2H2/c1-3-23-21(15-29-25(30-23)22(28)5-4-14-27)26(33)31-24(19-10-12-20(32)13-11-19)18-8-6-17(7-9-18)16-34-2;;/h3-14,21,24,27-28,32H,1,15-16H2,2H3,(H,31,33);2*1H/b5-4-,27-14?,28-22?;;. The van der Waals surface area contributed by atoms with Gasteiger partial charge in [-0.2, -0.15) is 0 Å². The number of nitrogens with one attached hydrogen (secondary N) is 3. The molecule has 0 bridgehead atoms. The van der Waals surface area contributed by atoms with Gasteiger partial charge in [0.2, 0.25) is 5.91 Å². The molecule has 1 heterocycles. The Morgan fingerprint density at radius 3 is 2.50 bits per heavy atom. The van der Waals surface area contributed by atoms with E-state index in [1.54, 1.807) is 31.4 Å². The molecule has 2 atom stereocenters. The first kappa shape index (κ1) is 24.5. The molecular formula is C26H31N5O3. The van der Waals surface area contributed by atoms with Crippen LogP contribution in [0.1, 0.15) is 25.6 Å². The van der Waals surface area contributed by atoms with Crippen LogP contribution in [0.2, 0.25) is 0 Å². The van der Waals surface area contributed by atoms with E-state index >= 15 is 0 Å². The molecule has 0 fully saturated rings. The molecule has 1 amide bonds. The van der Waals surface area contributed by atoms with Gasteiger partial charge in [0.15, 0.2) is 5.84 Å². The predicted molar refractivity (Wildman–Crippen MR) is 139 cm³/mol. The lowest BCUT2D eigenvalue weighted by Crippen LogP contribution is -2.41. The highest BCUT2D eigenvalue weighted by atomic mass is 16.5. The van der Waals surface area contributed by atoms with E-state index in [0.29, 0.717) is 12.3 Å². The number of aliphatic imine (C=N–C) groups is 2. The van der Waals surface area contributed by atoms with Gasteiger partial charge in [-0.1, -0.05) is 43.0 Å². The summed E-state index contributed by atoms with van der Waals surface area (Å²) in [5.74, 6) is -0.602. The Morgan fingerprint density at radius 2 is 1.91 bits per heavy atom. The quantitative estimate of drug-likeness (QED) is 0.397. The molecule has 8 heteroatoms. The van der Waals surface area contributed by atoms with Gasteiger partial charge in [0.1, 0.15) is 5.75 Å². The zero-order valence-electron chi connectivity index (χ0n) is 18.9. The molecule has 1 aliphatic rings. The second-order valence-electron chi connectivity index (χ2n) is 7.60. The Hall–Kier alpha value is -4.17. The monoisotopic (exact) mass is 461 g/mol. The molecule has 0 aromatic heterocycles. The van der Waals surface area contributed by atoms with E-state index < -0.39 is 12.0 Å². The molecule has 0 saturated carbocycles. The molecule has 178 valence electrons. The van der Waals surface area contributed by atoms with Crippen LogP contribution < -0.4 is 5.32 Å². The zero-order valence-corrected chi connectivity index (χ0v) is 18.9. The highest BCUT2D eigenvalue weighted by molar-refractivity contribution is 6.47. The Bertz CT molecular complexity index is 1160. The van der Waals surface area contributed by atoms with Crippen LogP contribution in [0.25, 0.3) is 0 Å². The SMILES string of the molecule is C=CC1=NC(C(=N)/C=C\C=N)=NCC1C(=O)NC(c1ccc(O)cc1)c1ccc(COC)cc1.[HH].[HH]. The lowest BCUT2D eigenvalue weighted by molar-refractivity contribution is -0.123. The van der Waals surface area contributed by atoms with E-state index in [1.165, 1.54) is 18.2 Å². The number of hydrogen-bond acceptors (Lipinski definition) is 7. The van der Waals surface area contributed by atoms with Crippen molar-refractivity contribution in [1.29, 1.82) is 10.8 Å².